The number of hydrogen-bond donors (Lipinski definition) is 1. The zero-order chi connectivity index (χ0) is 12.3. The summed E-state index contributed by atoms with van der Waals surface area (Å²) < 4.78 is 29.7. The summed E-state index contributed by atoms with van der Waals surface area (Å²) in [6, 6.07) is 0.864. The van der Waals surface area contributed by atoms with Gasteiger partial charge in [0.25, 0.3) is 6.43 Å². The highest BCUT2D eigenvalue weighted by molar-refractivity contribution is 5.43. The van der Waals surface area contributed by atoms with Crippen molar-refractivity contribution >= 4 is 5.82 Å². The minimum Gasteiger partial charge on any atom is -0.463 e. The highest BCUT2D eigenvalue weighted by atomic mass is 19.3. The maximum atomic E-state index is 12.6. The summed E-state index contributed by atoms with van der Waals surface area (Å²) in [6.45, 7) is -0.882. The van der Waals surface area contributed by atoms with Gasteiger partial charge in [-0.15, -0.1) is 0 Å². The molecular weight excluding hydrogens is 226 g/mol. The van der Waals surface area contributed by atoms with Gasteiger partial charge in [0, 0.05) is 16.6 Å². The van der Waals surface area contributed by atoms with E-state index in [-0.39, 0.29) is 5.88 Å². The fourth-order valence-corrected chi connectivity index (χ4v) is 1.17. The van der Waals surface area contributed by atoms with Gasteiger partial charge >= 0.3 is 11.7 Å². The standard InChI is InChI=1S/C8H8F2N2O4/c1-16-6-2-4(7(9)10)5(3-13)8(11-6)12(14)15/h2,7,13H,3H2,1H3. The Labute approximate surface area is 88.6 Å². The predicted molar refractivity (Wildman–Crippen MR) is 48.3 cm³/mol. The van der Waals surface area contributed by atoms with Crippen LogP contribution in [0.3, 0.4) is 0 Å². The van der Waals surface area contributed by atoms with E-state index in [1.54, 1.807) is 0 Å². The lowest BCUT2D eigenvalue weighted by Crippen LogP contribution is -2.05. The molecule has 0 fully saturated rings. The number of aromatic nitrogens is 1. The van der Waals surface area contributed by atoms with Gasteiger partial charge in [0.1, 0.15) is 0 Å². The van der Waals surface area contributed by atoms with E-state index in [9.17, 15) is 18.9 Å². The molecule has 6 nitrogen and oxygen atoms in total. The first-order chi connectivity index (χ1) is 7.51. The van der Waals surface area contributed by atoms with Gasteiger partial charge in [0.05, 0.1) is 19.3 Å². The second-order valence-corrected chi connectivity index (χ2v) is 2.77. The maximum absolute atomic E-state index is 12.6. The summed E-state index contributed by atoms with van der Waals surface area (Å²) in [5.41, 5.74) is -1.15. The number of pyridine rings is 1. The molecule has 0 saturated heterocycles. The summed E-state index contributed by atoms with van der Waals surface area (Å²) >= 11 is 0. The molecule has 0 bridgehead atoms. The number of nitro groups is 1. The molecule has 0 radical (unpaired) electrons. The van der Waals surface area contributed by atoms with Crippen LogP contribution in [-0.4, -0.2) is 22.1 Å². The van der Waals surface area contributed by atoms with Crippen LogP contribution in [0.5, 0.6) is 5.88 Å². The third-order valence-electron chi connectivity index (χ3n) is 1.89. The molecule has 8 heteroatoms. The molecule has 88 valence electrons. The van der Waals surface area contributed by atoms with Gasteiger partial charge in [0.2, 0.25) is 0 Å². The topological polar surface area (TPSA) is 85.5 Å². The average Bonchev–Trinajstić information content (AvgIpc) is 2.26. The molecule has 0 atom stereocenters. The summed E-state index contributed by atoms with van der Waals surface area (Å²) in [5.74, 6) is -1.11. The molecule has 0 aliphatic carbocycles. The van der Waals surface area contributed by atoms with Gasteiger partial charge in [0.15, 0.2) is 0 Å². The second kappa shape index (κ2) is 4.79. The monoisotopic (exact) mass is 234 g/mol. The number of aliphatic hydroxyl groups is 1. The Morgan fingerprint density at radius 2 is 2.31 bits per heavy atom. The molecule has 0 amide bonds. The molecule has 1 heterocycles. The van der Waals surface area contributed by atoms with Gasteiger partial charge < -0.3 is 20.0 Å². The van der Waals surface area contributed by atoms with Crippen LogP contribution in [0.15, 0.2) is 6.07 Å². The molecule has 0 aliphatic heterocycles. The van der Waals surface area contributed by atoms with Crippen molar-refractivity contribution in [1.82, 2.24) is 4.98 Å². The Balaban J connectivity index is 3.46. The third-order valence-corrected chi connectivity index (χ3v) is 1.89. The third kappa shape index (κ3) is 2.22. The van der Waals surface area contributed by atoms with Crippen LogP contribution in [-0.2, 0) is 6.61 Å². The molecule has 0 saturated carbocycles. The van der Waals surface area contributed by atoms with E-state index in [0.717, 1.165) is 13.2 Å². The number of ether oxygens (including phenoxy) is 1. The number of rotatable bonds is 4. The van der Waals surface area contributed by atoms with Crippen LogP contribution < -0.4 is 4.74 Å². The van der Waals surface area contributed by atoms with Crippen molar-refractivity contribution in [3.63, 3.8) is 0 Å². The second-order valence-electron chi connectivity index (χ2n) is 2.77. The number of aliphatic hydroxyl groups excluding tert-OH is 1. The van der Waals surface area contributed by atoms with Crippen molar-refractivity contribution in [2.45, 2.75) is 13.0 Å². The van der Waals surface area contributed by atoms with Crippen molar-refractivity contribution in [2.24, 2.45) is 0 Å². The van der Waals surface area contributed by atoms with Crippen LogP contribution >= 0.6 is 0 Å². The highest BCUT2D eigenvalue weighted by Crippen LogP contribution is 2.31. The van der Waals surface area contributed by atoms with E-state index in [1.165, 1.54) is 0 Å². The Hall–Kier alpha value is -1.83. The number of halogens is 2. The molecule has 0 aromatic carbocycles. The van der Waals surface area contributed by atoms with E-state index < -0.39 is 34.9 Å². The summed E-state index contributed by atoms with van der Waals surface area (Å²) in [6.07, 6.45) is -2.95. The van der Waals surface area contributed by atoms with Crippen molar-refractivity contribution in [3.05, 3.63) is 27.3 Å². The molecule has 1 aromatic rings. The lowest BCUT2D eigenvalue weighted by atomic mass is 10.1. The van der Waals surface area contributed by atoms with Crippen LogP contribution in [0.4, 0.5) is 14.6 Å². The van der Waals surface area contributed by atoms with Crippen LogP contribution in [0.2, 0.25) is 0 Å². The van der Waals surface area contributed by atoms with Gasteiger partial charge in [-0.05, 0) is 4.92 Å². The lowest BCUT2D eigenvalue weighted by molar-refractivity contribution is -0.390. The van der Waals surface area contributed by atoms with Crippen molar-refractivity contribution < 1.29 is 23.5 Å². The molecule has 1 aromatic heterocycles. The van der Waals surface area contributed by atoms with Crippen molar-refractivity contribution in [2.75, 3.05) is 7.11 Å². The predicted octanol–water partition coefficient (Wildman–Crippen LogP) is 1.43. The first-order valence-corrected chi connectivity index (χ1v) is 4.12. The Morgan fingerprint density at radius 1 is 1.69 bits per heavy atom. The first-order valence-electron chi connectivity index (χ1n) is 4.12. The molecule has 1 N–H and O–H groups in total. The Bertz CT molecular complexity index is 411. The van der Waals surface area contributed by atoms with Crippen LogP contribution in [0.25, 0.3) is 0 Å². The minimum absolute atomic E-state index is 0.292. The Morgan fingerprint density at radius 3 is 2.69 bits per heavy atom. The molecular formula is C8H8F2N2O4. The highest BCUT2D eigenvalue weighted by Gasteiger charge is 2.26. The first kappa shape index (κ1) is 12.2. The lowest BCUT2D eigenvalue weighted by Gasteiger charge is -2.07. The normalized spacial score (nSPS) is 10.6. The summed E-state index contributed by atoms with van der Waals surface area (Å²) in [7, 11) is 1.15. The van der Waals surface area contributed by atoms with Crippen molar-refractivity contribution in [3.8, 4) is 5.88 Å². The van der Waals surface area contributed by atoms with Gasteiger partial charge in [-0.1, -0.05) is 0 Å². The molecule has 16 heavy (non-hydrogen) atoms. The summed E-state index contributed by atoms with van der Waals surface area (Å²) in [5, 5.41) is 19.4. The van der Waals surface area contributed by atoms with Crippen molar-refractivity contribution in [1.29, 1.82) is 0 Å². The fraction of sp³-hybridized carbons (Fsp3) is 0.375. The number of nitrogens with zero attached hydrogens (tertiary/aromatic N) is 2. The molecule has 0 aliphatic rings. The largest absolute Gasteiger partial charge is 0.463 e. The van der Waals surface area contributed by atoms with Crippen LogP contribution in [0, 0.1) is 10.1 Å². The zero-order valence-corrected chi connectivity index (χ0v) is 8.18. The van der Waals surface area contributed by atoms with E-state index in [4.69, 9.17) is 5.11 Å². The SMILES string of the molecule is COc1cc(C(F)F)c(CO)c([N+](=O)[O-])n1. The van der Waals surface area contributed by atoms with E-state index in [0.29, 0.717) is 0 Å². The van der Waals surface area contributed by atoms with E-state index in [1.807, 2.05) is 0 Å². The van der Waals surface area contributed by atoms with E-state index >= 15 is 0 Å². The van der Waals surface area contributed by atoms with E-state index in [2.05, 4.69) is 9.72 Å². The summed E-state index contributed by atoms with van der Waals surface area (Å²) in [4.78, 5) is 13.0. The number of alkyl halides is 2. The molecule has 0 unspecified atom stereocenters. The van der Waals surface area contributed by atoms with Gasteiger partial charge in [-0.3, -0.25) is 0 Å². The Kier molecular flexibility index (Phi) is 3.67. The molecule has 0 spiro atoms. The quantitative estimate of drug-likeness (QED) is 0.629. The average molecular weight is 234 g/mol. The van der Waals surface area contributed by atoms with Gasteiger partial charge in [-0.2, -0.15) is 0 Å². The van der Waals surface area contributed by atoms with Gasteiger partial charge in [-0.25, -0.2) is 8.78 Å². The molecule has 1 rings (SSSR count). The maximum Gasteiger partial charge on any atom is 0.373 e. The van der Waals surface area contributed by atoms with Crippen LogP contribution in [0.1, 0.15) is 17.6 Å². The number of hydrogen-bond acceptors (Lipinski definition) is 5. The number of methoxy groups -OCH3 is 1. The fourth-order valence-electron chi connectivity index (χ4n) is 1.17. The smallest absolute Gasteiger partial charge is 0.373 e. The zero-order valence-electron chi connectivity index (χ0n) is 8.18. The minimum atomic E-state index is -2.95.